The molecule has 10 nitrogen and oxygen atoms in total. The molecule has 0 unspecified atom stereocenters. The summed E-state index contributed by atoms with van der Waals surface area (Å²) in [6.07, 6.45) is 4.80. The number of amides is 2. The fourth-order valence-electron chi connectivity index (χ4n) is 5.15. The Kier molecular flexibility index (Phi) is 9.37. The first-order valence-electron chi connectivity index (χ1n) is 12.8. The van der Waals surface area contributed by atoms with E-state index < -0.39 is 22.8 Å². The summed E-state index contributed by atoms with van der Waals surface area (Å²) in [5.41, 5.74) is -0.115. The van der Waals surface area contributed by atoms with Crippen LogP contribution in [0.5, 0.6) is 5.75 Å². The first-order chi connectivity index (χ1) is 18.1. The van der Waals surface area contributed by atoms with Gasteiger partial charge in [-0.1, -0.05) is 12.1 Å². The fraction of sp³-hybridized carbons (Fsp3) is 0.519. The van der Waals surface area contributed by atoms with Gasteiger partial charge < -0.3 is 25.4 Å². The van der Waals surface area contributed by atoms with Crippen LogP contribution in [0.25, 0.3) is 0 Å². The molecule has 3 aliphatic heterocycles. The van der Waals surface area contributed by atoms with Crippen LogP contribution in [0, 0.1) is 18.7 Å². The summed E-state index contributed by atoms with van der Waals surface area (Å²) in [5.74, 6) is -0.468. The lowest BCUT2D eigenvalue weighted by atomic mass is 9.77. The van der Waals surface area contributed by atoms with Crippen LogP contribution < -0.4 is 16.2 Å². The number of benzene rings is 1. The Balaban J connectivity index is 0.000000381. The zero-order chi connectivity index (χ0) is 28.0. The minimum absolute atomic E-state index is 0.138. The average molecular weight is 530 g/mol. The van der Waals surface area contributed by atoms with Gasteiger partial charge in [0.2, 0.25) is 11.7 Å². The lowest BCUT2D eigenvalue weighted by Gasteiger charge is -2.36. The van der Waals surface area contributed by atoms with Crippen molar-refractivity contribution >= 4 is 18.6 Å². The molecule has 2 bridgehead atoms. The van der Waals surface area contributed by atoms with E-state index in [9.17, 15) is 23.9 Å². The number of fused-ring (bicyclic) bond motifs is 2. The largest absolute Gasteiger partial charge is 0.501 e. The maximum Gasteiger partial charge on any atom is 0.296 e. The molecule has 4 heterocycles. The Hall–Kier alpha value is -3.60. The molecule has 206 valence electrons. The molecule has 1 saturated heterocycles. The van der Waals surface area contributed by atoms with Gasteiger partial charge in [-0.3, -0.25) is 19.0 Å². The molecule has 11 heteroatoms. The van der Waals surface area contributed by atoms with Crippen LogP contribution in [-0.2, 0) is 28.2 Å². The molecule has 38 heavy (non-hydrogen) atoms. The predicted molar refractivity (Wildman–Crippen MR) is 139 cm³/mol. The number of nitrogens with zero attached hydrogens (tertiary/aromatic N) is 3. The molecule has 0 radical (unpaired) electrons. The minimum Gasteiger partial charge on any atom is -0.501 e. The molecule has 1 aromatic carbocycles. The Labute approximate surface area is 221 Å². The highest BCUT2D eigenvalue weighted by Gasteiger charge is 2.43. The van der Waals surface area contributed by atoms with E-state index in [0.29, 0.717) is 29.4 Å². The third-order valence-electron chi connectivity index (χ3n) is 7.64. The summed E-state index contributed by atoms with van der Waals surface area (Å²) in [5, 5.41) is 16.4. The van der Waals surface area contributed by atoms with Crippen molar-refractivity contribution in [3.05, 3.63) is 57.0 Å². The molecule has 2 amide bonds. The fourth-order valence-corrected chi connectivity index (χ4v) is 5.15. The number of hydrogen-bond donors (Lipinski definition) is 3. The second-order valence-electron chi connectivity index (χ2n) is 9.95. The summed E-state index contributed by atoms with van der Waals surface area (Å²) < 4.78 is 14.9. The van der Waals surface area contributed by atoms with Gasteiger partial charge in [0.15, 0.2) is 5.69 Å². The third-order valence-corrected chi connectivity index (χ3v) is 7.64. The number of aryl methyl sites for hydroxylation is 1. The monoisotopic (exact) mass is 529 g/mol. The number of carbonyl (C=O) groups is 3. The quantitative estimate of drug-likeness (QED) is 0.552. The van der Waals surface area contributed by atoms with Crippen LogP contribution >= 0.6 is 0 Å². The van der Waals surface area contributed by atoms with E-state index in [0.717, 1.165) is 38.8 Å². The molecular formula is C27H36FN5O5. The van der Waals surface area contributed by atoms with Gasteiger partial charge in [-0.15, -0.1) is 0 Å². The maximum absolute atomic E-state index is 13.4. The van der Waals surface area contributed by atoms with Crippen molar-refractivity contribution in [2.45, 2.75) is 64.6 Å². The molecule has 1 aliphatic carbocycles. The lowest BCUT2D eigenvalue weighted by Crippen LogP contribution is -2.45. The standard InChI is InChI=1S/C21H25FN4O3.C5H9NO.CH2O/c1-12-9-14(3-4-15(12)22)10-24-18(28)16-17(27)19(29)26-11-13-5-7-21(23-2,8-6-13)20(26)25-16;1-5(7)6-3-2-4-6;1-2/h3-4,9,13,23,27H,5-8,10-11H2,1-2H3,(H,24,28);2-4H2,1H3;1H2. The maximum atomic E-state index is 13.4. The van der Waals surface area contributed by atoms with Gasteiger partial charge >= 0.3 is 0 Å². The highest BCUT2D eigenvalue weighted by atomic mass is 19.1. The number of likely N-dealkylation sites (tertiary alicyclic amines) is 1. The van der Waals surface area contributed by atoms with Crippen LogP contribution in [0.3, 0.4) is 0 Å². The van der Waals surface area contributed by atoms with Gasteiger partial charge in [-0.25, -0.2) is 9.37 Å². The van der Waals surface area contributed by atoms with Crippen molar-refractivity contribution in [1.82, 2.24) is 25.1 Å². The van der Waals surface area contributed by atoms with Crippen LogP contribution in [0.2, 0.25) is 0 Å². The number of nitrogens with one attached hydrogen (secondary N) is 2. The van der Waals surface area contributed by atoms with Crippen LogP contribution in [-0.4, -0.2) is 58.3 Å². The van der Waals surface area contributed by atoms with E-state index in [1.165, 1.54) is 17.1 Å². The summed E-state index contributed by atoms with van der Waals surface area (Å²) in [6, 6.07) is 4.56. The van der Waals surface area contributed by atoms with Gasteiger partial charge in [0, 0.05) is 33.1 Å². The molecule has 4 aliphatic rings. The van der Waals surface area contributed by atoms with Gasteiger partial charge in [-0.2, -0.15) is 0 Å². The first-order valence-corrected chi connectivity index (χ1v) is 12.8. The van der Waals surface area contributed by atoms with Crippen molar-refractivity contribution in [2.75, 3.05) is 20.1 Å². The molecule has 1 saturated carbocycles. The Morgan fingerprint density at radius 1 is 1.24 bits per heavy atom. The SMILES string of the molecule is C=O.CC(=O)N1CCC1.CNC12CCC(CC1)Cn1c2nc(C(=O)NCc2ccc(F)c(C)c2)c(O)c1=O. The van der Waals surface area contributed by atoms with Crippen LogP contribution in [0.15, 0.2) is 23.0 Å². The number of rotatable bonds is 4. The molecule has 0 spiro atoms. The number of hydrogen-bond acceptors (Lipinski definition) is 7. The zero-order valence-corrected chi connectivity index (χ0v) is 22.2. The minimum atomic E-state index is -0.630. The second kappa shape index (κ2) is 12.3. The number of halogens is 1. The van der Waals surface area contributed by atoms with E-state index in [4.69, 9.17) is 4.79 Å². The van der Waals surface area contributed by atoms with Gasteiger partial charge in [0.1, 0.15) is 18.4 Å². The Morgan fingerprint density at radius 2 is 1.89 bits per heavy atom. The van der Waals surface area contributed by atoms with Gasteiger partial charge in [0.25, 0.3) is 11.5 Å². The molecular weight excluding hydrogens is 493 g/mol. The molecule has 1 aromatic heterocycles. The van der Waals surface area contributed by atoms with Gasteiger partial charge in [0.05, 0.1) is 5.54 Å². The summed E-state index contributed by atoms with van der Waals surface area (Å²) >= 11 is 0. The summed E-state index contributed by atoms with van der Waals surface area (Å²) in [7, 11) is 1.84. The highest BCUT2D eigenvalue weighted by Crippen LogP contribution is 2.42. The van der Waals surface area contributed by atoms with E-state index >= 15 is 0 Å². The molecule has 6 rings (SSSR count). The van der Waals surface area contributed by atoms with E-state index in [1.807, 2.05) is 18.7 Å². The third kappa shape index (κ3) is 5.93. The van der Waals surface area contributed by atoms with Crippen molar-refractivity contribution in [2.24, 2.45) is 5.92 Å². The normalized spacial score (nSPS) is 20.9. The van der Waals surface area contributed by atoms with Gasteiger partial charge in [-0.05, 0) is 69.2 Å². The first kappa shape index (κ1) is 29.0. The Bertz CT molecular complexity index is 1240. The average Bonchev–Trinajstić information content (AvgIpc) is 3.13. The van der Waals surface area contributed by atoms with E-state index in [1.54, 1.807) is 26.0 Å². The highest BCUT2D eigenvalue weighted by molar-refractivity contribution is 5.94. The summed E-state index contributed by atoms with van der Waals surface area (Å²) in [4.78, 5) is 50.2. The second-order valence-corrected chi connectivity index (χ2v) is 9.95. The molecule has 2 aromatic rings. The lowest BCUT2D eigenvalue weighted by molar-refractivity contribution is -0.132. The van der Waals surface area contributed by atoms with Crippen molar-refractivity contribution in [3.8, 4) is 5.75 Å². The van der Waals surface area contributed by atoms with Crippen LogP contribution in [0.1, 0.15) is 66.5 Å². The molecule has 3 N–H and O–H groups in total. The van der Waals surface area contributed by atoms with E-state index in [2.05, 4.69) is 15.6 Å². The Morgan fingerprint density at radius 3 is 2.39 bits per heavy atom. The summed E-state index contributed by atoms with van der Waals surface area (Å²) in [6.45, 7) is 7.87. The molecule has 0 atom stereocenters. The number of aromatic hydroxyl groups is 1. The topological polar surface area (TPSA) is 134 Å². The zero-order valence-electron chi connectivity index (χ0n) is 22.2. The predicted octanol–water partition coefficient (Wildman–Crippen LogP) is 2.00. The smallest absolute Gasteiger partial charge is 0.296 e. The van der Waals surface area contributed by atoms with E-state index in [-0.39, 0.29) is 24.0 Å². The molecule has 2 fully saturated rings. The van der Waals surface area contributed by atoms with Crippen molar-refractivity contribution < 1.29 is 23.9 Å². The van der Waals surface area contributed by atoms with Crippen LogP contribution in [0.4, 0.5) is 4.39 Å². The number of aromatic nitrogens is 2. The van der Waals surface area contributed by atoms with Crippen molar-refractivity contribution in [3.63, 3.8) is 0 Å². The van der Waals surface area contributed by atoms with Crippen molar-refractivity contribution in [1.29, 1.82) is 0 Å². The number of carbonyl (C=O) groups excluding carboxylic acids is 3.